The van der Waals surface area contributed by atoms with Crippen LogP contribution >= 0.6 is 0 Å². The number of anilines is 1. The number of aromatic carboxylic acids is 1. The van der Waals surface area contributed by atoms with E-state index in [1.807, 2.05) is 13.0 Å². The van der Waals surface area contributed by atoms with Gasteiger partial charge in [-0.15, -0.1) is 0 Å². The van der Waals surface area contributed by atoms with E-state index in [4.69, 9.17) is 5.11 Å². The van der Waals surface area contributed by atoms with Crippen molar-refractivity contribution in [3.63, 3.8) is 0 Å². The van der Waals surface area contributed by atoms with Crippen LogP contribution in [0.4, 0.5) is 5.69 Å². The van der Waals surface area contributed by atoms with Crippen LogP contribution in [0, 0.1) is 6.92 Å². The first kappa shape index (κ1) is 12.9. The fourth-order valence-electron chi connectivity index (χ4n) is 2.39. The van der Waals surface area contributed by atoms with Gasteiger partial charge in [-0.2, -0.15) is 0 Å². The number of rotatable bonds is 4. The molecule has 1 unspecified atom stereocenters. The van der Waals surface area contributed by atoms with Crippen molar-refractivity contribution in [3.8, 4) is 0 Å². The van der Waals surface area contributed by atoms with E-state index < -0.39 is 5.97 Å². The number of carbonyl (C=O) groups is 1. The molecule has 18 heavy (non-hydrogen) atoms. The molecule has 0 bridgehead atoms. The predicted octanol–water partition coefficient (Wildman–Crippen LogP) is 2.25. The largest absolute Gasteiger partial charge is 0.478 e. The van der Waals surface area contributed by atoms with Gasteiger partial charge in [-0.1, -0.05) is 12.5 Å². The predicted molar refractivity (Wildman–Crippen MR) is 72.3 cm³/mol. The lowest BCUT2D eigenvalue weighted by atomic mass is 10.0. The number of hydrogen-bond donors (Lipinski definition) is 3. The van der Waals surface area contributed by atoms with Crippen LogP contribution in [0.15, 0.2) is 18.2 Å². The van der Waals surface area contributed by atoms with Crippen LogP contribution in [0.25, 0.3) is 0 Å². The van der Waals surface area contributed by atoms with E-state index in [0.29, 0.717) is 11.6 Å². The molecule has 1 fully saturated rings. The Kier molecular flexibility index (Phi) is 4.20. The number of hydrogen-bond acceptors (Lipinski definition) is 3. The third-order valence-corrected chi connectivity index (χ3v) is 3.52. The van der Waals surface area contributed by atoms with Crippen LogP contribution < -0.4 is 10.6 Å². The Bertz CT molecular complexity index is 426. The van der Waals surface area contributed by atoms with E-state index in [9.17, 15) is 4.79 Å². The van der Waals surface area contributed by atoms with Crippen molar-refractivity contribution in [2.75, 3.05) is 18.4 Å². The molecule has 1 aromatic carbocycles. The summed E-state index contributed by atoms with van der Waals surface area (Å²) in [6.45, 7) is 3.78. The summed E-state index contributed by atoms with van der Waals surface area (Å²) in [4.78, 5) is 11.0. The van der Waals surface area contributed by atoms with Gasteiger partial charge in [0.25, 0.3) is 0 Å². The highest BCUT2D eigenvalue weighted by molar-refractivity contribution is 5.91. The molecule has 4 heteroatoms. The topological polar surface area (TPSA) is 61.4 Å². The molecule has 2 rings (SSSR count). The standard InChI is InChI=1S/C14H20N2O2/c1-10-12(14(17)18)6-4-7-13(10)16-9-11-5-2-3-8-15-11/h4,6-7,11,15-16H,2-3,5,8-9H2,1H3,(H,17,18). The summed E-state index contributed by atoms with van der Waals surface area (Å²) in [7, 11) is 0. The Hall–Kier alpha value is -1.55. The fraction of sp³-hybridized carbons (Fsp3) is 0.500. The highest BCUT2D eigenvalue weighted by Gasteiger charge is 2.14. The average molecular weight is 248 g/mol. The second-order valence-corrected chi connectivity index (χ2v) is 4.81. The van der Waals surface area contributed by atoms with Crippen LogP contribution in [0.5, 0.6) is 0 Å². The van der Waals surface area contributed by atoms with Gasteiger partial charge in [-0.25, -0.2) is 4.79 Å². The second-order valence-electron chi connectivity index (χ2n) is 4.81. The highest BCUT2D eigenvalue weighted by atomic mass is 16.4. The van der Waals surface area contributed by atoms with E-state index in [0.717, 1.165) is 24.3 Å². The van der Waals surface area contributed by atoms with Gasteiger partial charge in [-0.3, -0.25) is 0 Å². The molecule has 0 aliphatic carbocycles. The van der Waals surface area contributed by atoms with Crippen molar-refractivity contribution in [2.24, 2.45) is 0 Å². The Balaban J connectivity index is 2.00. The average Bonchev–Trinajstić information content (AvgIpc) is 2.38. The number of carboxylic acid groups (broad SMARTS) is 1. The molecular weight excluding hydrogens is 228 g/mol. The van der Waals surface area contributed by atoms with Crippen molar-refractivity contribution >= 4 is 11.7 Å². The molecule has 0 radical (unpaired) electrons. The van der Waals surface area contributed by atoms with Crippen LogP contribution in [0.2, 0.25) is 0 Å². The highest BCUT2D eigenvalue weighted by Crippen LogP contribution is 2.19. The van der Waals surface area contributed by atoms with Crippen molar-refractivity contribution in [1.29, 1.82) is 0 Å². The first-order valence-corrected chi connectivity index (χ1v) is 6.48. The molecule has 1 aliphatic rings. The van der Waals surface area contributed by atoms with Gasteiger partial charge < -0.3 is 15.7 Å². The third-order valence-electron chi connectivity index (χ3n) is 3.52. The van der Waals surface area contributed by atoms with E-state index in [1.54, 1.807) is 12.1 Å². The normalized spacial score (nSPS) is 19.5. The number of carboxylic acids is 1. The van der Waals surface area contributed by atoms with Gasteiger partial charge in [0.15, 0.2) is 0 Å². The van der Waals surface area contributed by atoms with Gasteiger partial charge in [-0.05, 0) is 44.0 Å². The third kappa shape index (κ3) is 3.01. The van der Waals surface area contributed by atoms with Crippen molar-refractivity contribution in [2.45, 2.75) is 32.2 Å². The van der Waals surface area contributed by atoms with Gasteiger partial charge in [0.1, 0.15) is 0 Å². The molecule has 0 saturated carbocycles. The smallest absolute Gasteiger partial charge is 0.336 e. The molecule has 0 aromatic heterocycles. The van der Waals surface area contributed by atoms with Crippen LogP contribution in [0.1, 0.15) is 35.2 Å². The second kappa shape index (κ2) is 5.87. The van der Waals surface area contributed by atoms with Crippen LogP contribution in [0.3, 0.4) is 0 Å². The van der Waals surface area contributed by atoms with Gasteiger partial charge >= 0.3 is 5.97 Å². The first-order chi connectivity index (χ1) is 8.68. The zero-order valence-electron chi connectivity index (χ0n) is 10.7. The van der Waals surface area contributed by atoms with Gasteiger partial charge in [0, 0.05) is 18.3 Å². The van der Waals surface area contributed by atoms with E-state index in [-0.39, 0.29) is 0 Å². The maximum absolute atomic E-state index is 11.0. The molecule has 0 amide bonds. The zero-order valence-corrected chi connectivity index (χ0v) is 10.7. The van der Waals surface area contributed by atoms with E-state index in [1.165, 1.54) is 19.3 Å². The molecule has 4 nitrogen and oxygen atoms in total. The number of piperidine rings is 1. The van der Waals surface area contributed by atoms with Crippen molar-refractivity contribution in [1.82, 2.24) is 5.32 Å². The molecule has 1 atom stereocenters. The molecule has 98 valence electrons. The summed E-state index contributed by atoms with van der Waals surface area (Å²) in [6, 6.07) is 5.85. The maximum Gasteiger partial charge on any atom is 0.336 e. The summed E-state index contributed by atoms with van der Waals surface area (Å²) in [5, 5.41) is 15.9. The quantitative estimate of drug-likeness (QED) is 0.765. The van der Waals surface area contributed by atoms with Crippen LogP contribution in [-0.2, 0) is 0 Å². The molecule has 1 aromatic rings. The van der Waals surface area contributed by atoms with Gasteiger partial charge in [0.2, 0.25) is 0 Å². The minimum Gasteiger partial charge on any atom is -0.478 e. The minimum absolute atomic E-state index is 0.372. The Labute approximate surface area is 107 Å². The van der Waals surface area contributed by atoms with Crippen molar-refractivity contribution < 1.29 is 9.90 Å². The lowest BCUT2D eigenvalue weighted by molar-refractivity contribution is 0.0696. The lowest BCUT2D eigenvalue weighted by Gasteiger charge is -2.24. The number of benzene rings is 1. The summed E-state index contributed by atoms with van der Waals surface area (Å²) < 4.78 is 0. The molecule has 0 spiro atoms. The Morgan fingerprint density at radius 3 is 3.00 bits per heavy atom. The lowest BCUT2D eigenvalue weighted by Crippen LogP contribution is -2.39. The molecule has 1 aliphatic heterocycles. The maximum atomic E-state index is 11.0. The fourth-order valence-corrected chi connectivity index (χ4v) is 2.39. The Morgan fingerprint density at radius 1 is 1.50 bits per heavy atom. The van der Waals surface area contributed by atoms with E-state index >= 15 is 0 Å². The molecule has 1 heterocycles. The molecule has 1 saturated heterocycles. The van der Waals surface area contributed by atoms with Gasteiger partial charge in [0.05, 0.1) is 5.56 Å². The monoisotopic (exact) mass is 248 g/mol. The number of nitrogens with one attached hydrogen (secondary N) is 2. The zero-order chi connectivity index (χ0) is 13.0. The SMILES string of the molecule is Cc1c(NCC2CCCCN2)cccc1C(=O)O. The summed E-state index contributed by atoms with van der Waals surface area (Å²) >= 11 is 0. The van der Waals surface area contributed by atoms with Crippen molar-refractivity contribution in [3.05, 3.63) is 29.3 Å². The Morgan fingerprint density at radius 2 is 2.33 bits per heavy atom. The molecular formula is C14H20N2O2. The summed E-state index contributed by atoms with van der Waals surface area (Å²) in [6.07, 6.45) is 3.71. The van der Waals surface area contributed by atoms with E-state index in [2.05, 4.69) is 10.6 Å². The minimum atomic E-state index is -0.869. The summed E-state index contributed by atoms with van der Waals surface area (Å²) in [5.74, 6) is -0.869. The molecule has 3 N–H and O–H groups in total. The summed E-state index contributed by atoms with van der Waals surface area (Å²) in [5.41, 5.74) is 2.10. The first-order valence-electron chi connectivity index (χ1n) is 6.48. The van der Waals surface area contributed by atoms with Crippen LogP contribution in [-0.4, -0.2) is 30.2 Å².